The van der Waals surface area contributed by atoms with Crippen LogP contribution in [-0.2, 0) is 44.7 Å². The predicted octanol–water partition coefficient (Wildman–Crippen LogP) is 4.77. The Balaban J connectivity index is 2.18. The second kappa shape index (κ2) is 19.9. The molecule has 0 spiro atoms. The molecular weight excluding hydrogens is 676 g/mol. The Morgan fingerprint density at radius 3 is 2.00 bits per heavy atom. The third-order valence-corrected chi connectivity index (χ3v) is 11.0. The number of ether oxygens (including phenoxy) is 2. The molecule has 296 valence electrons. The van der Waals surface area contributed by atoms with Gasteiger partial charge in [-0.15, -0.1) is 0 Å². The van der Waals surface area contributed by atoms with E-state index in [0.29, 0.717) is 32.1 Å². The van der Waals surface area contributed by atoms with Crippen molar-refractivity contribution in [1.82, 2.24) is 20.0 Å². The fourth-order valence-corrected chi connectivity index (χ4v) is 7.48. The molecule has 2 aliphatic rings. The van der Waals surface area contributed by atoms with E-state index < -0.39 is 77.9 Å². The molecule has 2 fully saturated rings. The van der Waals surface area contributed by atoms with Crippen LogP contribution >= 0.6 is 0 Å². The van der Waals surface area contributed by atoms with Gasteiger partial charge < -0.3 is 29.5 Å². The van der Waals surface area contributed by atoms with Gasteiger partial charge in [0.25, 0.3) is 5.91 Å². The highest BCUT2D eigenvalue weighted by atomic mass is 16.6. The number of fused-ring (bicyclic) bond motifs is 1. The number of esters is 2. The SMILES string of the molecule is CCCCC[C@@H]1OC(=O)[C@H](C(C)C)N(C)C(=O)[C@@H]2CCCN2C(=O)[C@H](Cc2ccccc2)OC(=O)[C@H]([C@@H](C)CC)N(C)C(=O)[C@H](C(C)C)NC(=O)[C@@H]1C. The van der Waals surface area contributed by atoms with Crippen LogP contribution in [0.5, 0.6) is 0 Å². The lowest BCUT2D eigenvalue weighted by Gasteiger charge is -2.36. The summed E-state index contributed by atoms with van der Waals surface area (Å²) in [6, 6.07) is 5.25. The maximum atomic E-state index is 14.5. The second-order valence-corrected chi connectivity index (χ2v) is 15.7. The first-order valence-electron chi connectivity index (χ1n) is 19.6. The Morgan fingerprint density at radius 2 is 1.42 bits per heavy atom. The van der Waals surface area contributed by atoms with Crippen LogP contribution in [0.25, 0.3) is 0 Å². The quantitative estimate of drug-likeness (QED) is 0.267. The second-order valence-electron chi connectivity index (χ2n) is 15.7. The number of likely N-dealkylation sites (N-methyl/N-ethyl adjacent to an activating group) is 2. The summed E-state index contributed by atoms with van der Waals surface area (Å²) in [4.78, 5) is 89.5. The molecule has 0 aromatic heterocycles. The normalized spacial score (nSPS) is 27.9. The van der Waals surface area contributed by atoms with E-state index in [0.717, 1.165) is 18.4 Å². The lowest BCUT2D eigenvalue weighted by molar-refractivity contribution is -0.170. The van der Waals surface area contributed by atoms with E-state index in [-0.39, 0.29) is 30.7 Å². The number of carbonyl (C=O) groups is 6. The number of unbranched alkanes of at least 4 members (excludes halogenated alkanes) is 2. The topological polar surface area (TPSA) is 143 Å². The Labute approximate surface area is 316 Å². The fourth-order valence-electron chi connectivity index (χ4n) is 7.48. The lowest BCUT2D eigenvalue weighted by Crippen LogP contribution is -2.58. The van der Waals surface area contributed by atoms with Crippen LogP contribution in [0, 0.1) is 23.7 Å². The summed E-state index contributed by atoms with van der Waals surface area (Å²) in [7, 11) is 3.07. The molecule has 12 heteroatoms. The van der Waals surface area contributed by atoms with E-state index in [1.165, 1.54) is 21.7 Å². The first-order valence-corrected chi connectivity index (χ1v) is 19.6. The average Bonchev–Trinajstić information content (AvgIpc) is 3.61. The minimum Gasteiger partial charge on any atom is -0.460 e. The first kappa shape index (κ1) is 43.4. The van der Waals surface area contributed by atoms with Crippen molar-refractivity contribution in [3.05, 3.63) is 35.9 Å². The zero-order valence-corrected chi connectivity index (χ0v) is 33.6. The molecule has 1 aromatic rings. The van der Waals surface area contributed by atoms with Crippen molar-refractivity contribution in [2.45, 2.75) is 143 Å². The minimum absolute atomic E-state index is 0.0620. The van der Waals surface area contributed by atoms with Gasteiger partial charge in [0.15, 0.2) is 6.10 Å². The van der Waals surface area contributed by atoms with Crippen molar-refractivity contribution in [1.29, 1.82) is 0 Å². The molecule has 4 amide bonds. The van der Waals surface area contributed by atoms with E-state index in [2.05, 4.69) is 12.2 Å². The fraction of sp³-hybridized carbons (Fsp3) is 0.707. The Kier molecular flexibility index (Phi) is 16.3. The van der Waals surface area contributed by atoms with Crippen LogP contribution in [0.3, 0.4) is 0 Å². The predicted molar refractivity (Wildman–Crippen MR) is 202 cm³/mol. The Hall–Kier alpha value is -3.96. The largest absolute Gasteiger partial charge is 0.460 e. The number of rotatable bonds is 10. The number of carbonyl (C=O) groups excluding carboxylic acids is 6. The number of hydrogen-bond donors (Lipinski definition) is 1. The van der Waals surface area contributed by atoms with Gasteiger partial charge in [-0.05, 0) is 49.0 Å². The molecule has 2 aliphatic heterocycles. The van der Waals surface area contributed by atoms with E-state index in [4.69, 9.17) is 9.47 Å². The summed E-state index contributed by atoms with van der Waals surface area (Å²) in [5.41, 5.74) is 0.758. The van der Waals surface area contributed by atoms with Crippen molar-refractivity contribution in [3.63, 3.8) is 0 Å². The van der Waals surface area contributed by atoms with E-state index in [1.807, 2.05) is 71.9 Å². The van der Waals surface area contributed by atoms with E-state index >= 15 is 0 Å². The molecule has 3 rings (SSSR count). The van der Waals surface area contributed by atoms with Crippen molar-refractivity contribution in [2.24, 2.45) is 23.7 Å². The van der Waals surface area contributed by atoms with Crippen molar-refractivity contribution < 1.29 is 38.2 Å². The van der Waals surface area contributed by atoms with Gasteiger partial charge in [-0.3, -0.25) is 19.2 Å². The zero-order valence-electron chi connectivity index (χ0n) is 33.6. The zero-order chi connectivity index (χ0) is 39.6. The molecule has 0 bridgehead atoms. The first-order chi connectivity index (χ1) is 25.0. The number of nitrogens with zero attached hydrogens (tertiary/aromatic N) is 3. The number of benzene rings is 1. The summed E-state index contributed by atoms with van der Waals surface area (Å²) in [5.74, 6) is -5.10. The Morgan fingerprint density at radius 1 is 0.792 bits per heavy atom. The maximum absolute atomic E-state index is 14.5. The van der Waals surface area contributed by atoms with Gasteiger partial charge in [-0.2, -0.15) is 0 Å². The lowest BCUT2D eigenvalue weighted by atomic mass is 9.94. The highest BCUT2D eigenvalue weighted by Crippen LogP contribution is 2.27. The van der Waals surface area contributed by atoms with Crippen LogP contribution in [-0.4, -0.2) is 107 Å². The van der Waals surface area contributed by atoms with Crippen molar-refractivity contribution >= 4 is 35.6 Å². The van der Waals surface area contributed by atoms with Crippen LogP contribution in [0.15, 0.2) is 30.3 Å². The van der Waals surface area contributed by atoms with Gasteiger partial charge in [0.05, 0.1) is 5.92 Å². The number of cyclic esters (lactones) is 2. The van der Waals surface area contributed by atoms with Crippen LogP contribution in [0.1, 0.15) is 106 Å². The molecule has 0 unspecified atom stereocenters. The molecule has 2 heterocycles. The number of nitrogens with one attached hydrogen (secondary N) is 1. The summed E-state index contributed by atoms with van der Waals surface area (Å²) in [6.45, 7) is 15.0. The third-order valence-electron chi connectivity index (χ3n) is 11.0. The summed E-state index contributed by atoms with van der Waals surface area (Å²) in [6.07, 6.45) is 2.35. The van der Waals surface area contributed by atoms with Gasteiger partial charge in [-0.25, -0.2) is 9.59 Å². The molecular formula is C41H64N4O8. The van der Waals surface area contributed by atoms with Gasteiger partial charge in [-0.1, -0.05) is 105 Å². The van der Waals surface area contributed by atoms with Crippen molar-refractivity contribution in [2.75, 3.05) is 20.6 Å². The molecule has 53 heavy (non-hydrogen) atoms. The molecule has 1 N–H and O–H groups in total. The molecule has 8 atom stereocenters. The average molecular weight is 741 g/mol. The molecule has 0 aliphatic carbocycles. The van der Waals surface area contributed by atoms with Crippen LogP contribution in [0.4, 0.5) is 0 Å². The summed E-state index contributed by atoms with van der Waals surface area (Å²) in [5, 5.41) is 2.91. The Bertz CT molecular complexity index is 1420. The number of hydrogen-bond acceptors (Lipinski definition) is 8. The summed E-state index contributed by atoms with van der Waals surface area (Å²) >= 11 is 0. The molecule has 1 aromatic carbocycles. The van der Waals surface area contributed by atoms with Gasteiger partial charge in [0.2, 0.25) is 17.7 Å². The standard InChI is InChI=1S/C41H64N4O8/c1-11-13-15-22-31-28(8)36(46)42-33(25(3)4)39(49)44(10)35(27(7)12-2)41(51)53-32(24-29-19-16-14-17-20-29)38(48)45-23-18-21-30(45)37(47)43(9)34(26(5)6)40(50)52-31/h14,16-17,19-20,25-28,30-35H,11-13,15,18,21-24H2,1-10H3,(H,42,46)/t27-,28+,30-,31-,32-,33-,34-,35-/m0/s1. The smallest absolute Gasteiger partial charge is 0.329 e. The molecule has 0 radical (unpaired) electrons. The molecule has 2 saturated heterocycles. The maximum Gasteiger partial charge on any atom is 0.329 e. The third kappa shape index (κ3) is 10.8. The van der Waals surface area contributed by atoms with E-state index in [9.17, 15) is 28.8 Å². The van der Waals surface area contributed by atoms with E-state index in [1.54, 1.807) is 14.0 Å². The van der Waals surface area contributed by atoms with Crippen molar-refractivity contribution in [3.8, 4) is 0 Å². The van der Waals surface area contributed by atoms with Gasteiger partial charge >= 0.3 is 11.9 Å². The van der Waals surface area contributed by atoms with Crippen LogP contribution < -0.4 is 5.32 Å². The van der Waals surface area contributed by atoms with Gasteiger partial charge in [0.1, 0.15) is 30.3 Å². The summed E-state index contributed by atoms with van der Waals surface area (Å²) < 4.78 is 12.3. The van der Waals surface area contributed by atoms with Gasteiger partial charge in [0, 0.05) is 27.1 Å². The highest BCUT2D eigenvalue weighted by molar-refractivity contribution is 5.95. The molecule has 0 saturated carbocycles. The highest BCUT2D eigenvalue weighted by Gasteiger charge is 2.45. The number of amides is 4. The van der Waals surface area contributed by atoms with Crippen LogP contribution in [0.2, 0.25) is 0 Å². The monoisotopic (exact) mass is 740 g/mol. The minimum atomic E-state index is -1.28. The molecule has 12 nitrogen and oxygen atoms in total.